The summed E-state index contributed by atoms with van der Waals surface area (Å²) in [7, 11) is 0. The molecule has 1 saturated heterocycles. The van der Waals surface area contributed by atoms with Gasteiger partial charge in [0.25, 0.3) is 5.91 Å². The minimum atomic E-state index is -4.70. The Balaban J connectivity index is 2.10. The SMILES string of the molecule is C[C@H](NC(=O)c1cc(C(F)(F)F)ccc1F)C(=O)N1CCOCC1. The minimum Gasteiger partial charge on any atom is -0.378 e. The molecule has 24 heavy (non-hydrogen) atoms. The van der Waals surface area contributed by atoms with Crippen molar-refractivity contribution in [2.45, 2.75) is 19.1 Å². The monoisotopic (exact) mass is 348 g/mol. The summed E-state index contributed by atoms with van der Waals surface area (Å²) in [4.78, 5) is 25.7. The Morgan fingerprint density at radius 3 is 2.46 bits per heavy atom. The van der Waals surface area contributed by atoms with E-state index in [9.17, 15) is 27.2 Å². The van der Waals surface area contributed by atoms with Gasteiger partial charge in [0.15, 0.2) is 0 Å². The summed E-state index contributed by atoms with van der Waals surface area (Å²) >= 11 is 0. The van der Waals surface area contributed by atoms with Gasteiger partial charge in [-0.25, -0.2) is 4.39 Å². The third kappa shape index (κ3) is 4.22. The summed E-state index contributed by atoms with van der Waals surface area (Å²) < 4.78 is 56.8. The summed E-state index contributed by atoms with van der Waals surface area (Å²) in [6.45, 7) is 2.85. The van der Waals surface area contributed by atoms with E-state index in [-0.39, 0.29) is 0 Å². The highest BCUT2D eigenvalue weighted by Gasteiger charge is 2.32. The molecule has 2 rings (SSSR count). The smallest absolute Gasteiger partial charge is 0.378 e. The van der Waals surface area contributed by atoms with E-state index < -0.39 is 41.0 Å². The zero-order valence-electron chi connectivity index (χ0n) is 12.8. The number of nitrogens with one attached hydrogen (secondary N) is 1. The van der Waals surface area contributed by atoms with Crippen LogP contribution in [0.15, 0.2) is 18.2 Å². The number of alkyl halides is 3. The Kier molecular flexibility index (Phi) is 5.43. The fraction of sp³-hybridized carbons (Fsp3) is 0.467. The summed E-state index contributed by atoms with van der Waals surface area (Å²) in [6, 6.07) is 0.557. The van der Waals surface area contributed by atoms with Crippen molar-refractivity contribution in [2.24, 2.45) is 0 Å². The first-order valence-corrected chi connectivity index (χ1v) is 7.24. The van der Waals surface area contributed by atoms with Crippen molar-refractivity contribution in [2.75, 3.05) is 26.3 Å². The van der Waals surface area contributed by atoms with Gasteiger partial charge in [0.1, 0.15) is 11.9 Å². The lowest BCUT2D eigenvalue weighted by molar-refractivity contribution is -0.138. The van der Waals surface area contributed by atoms with Crippen molar-refractivity contribution in [3.05, 3.63) is 35.1 Å². The van der Waals surface area contributed by atoms with Crippen molar-refractivity contribution in [1.29, 1.82) is 0 Å². The highest BCUT2D eigenvalue weighted by molar-refractivity contribution is 5.97. The Bertz CT molecular complexity index is 628. The predicted octanol–water partition coefficient (Wildman–Crippen LogP) is 1.82. The summed E-state index contributed by atoms with van der Waals surface area (Å²) in [5, 5.41) is 2.23. The van der Waals surface area contributed by atoms with Crippen LogP contribution in [0.2, 0.25) is 0 Å². The molecular formula is C15H16F4N2O3. The maximum Gasteiger partial charge on any atom is 0.416 e. The second kappa shape index (κ2) is 7.16. The molecule has 1 aliphatic rings. The van der Waals surface area contributed by atoms with Crippen molar-refractivity contribution in [3.8, 4) is 0 Å². The molecule has 0 spiro atoms. The molecule has 0 aromatic heterocycles. The van der Waals surface area contributed by atoms with Crippen LogP contribution < -0.4 is 5.32 Å². The number of carbonyl (C=O) groups excluding carboxylic acids is 2. The number of halogens is 4. The Hall–Kier alpha value is -2.16. The third-order valence-corrected chi connectivity index (χ3v) is 3.58. The molecule has 0 aliphatic carbocycles. The molecule has 0 saturated carbocycles. The molecule has 1 heterocycles. The van der Waals surface area contributed by atoms with Crippen LogP contribution in [0, 0.1) is 5.82 Å². The molecule has 132 valence electrons. The number of morpholine rings is 1. The molecular weight excluding hydrogens is 332 g/mol. The normalized spacial score (nSPS) is 16.6. The standard InChI is InChI=1S/C15H16F4N2O3/c1-9(14(23)21-4-6-24-7-5-21)20-13(22)11-8-10(15(17,18)19)2-3-12(11)16/h2-3,8-9H,4-7H2,1H3,(H,20,22)/t9-/m0/s1. The van der Waals surface area contributed by atoms with Crippen molar-refractivity contribution < 1.29 is 31.9 Å². The van der Waals surface area contributed by atoms with E-state index in [1.807, 2.05) is 0 Å². The summed E-state index contributed by atoms with van der Waals surface area (Å²) in [5.41, 5.74) is -1.90. The van der Waals surface area contributed by atoms with Gasteiger partial charge in [-0.1, -0.05) is 0 Å². The van der Waals surface area contributed by atoms with Crippen LogP contribution in [0.3, 0.4) is 0 Å². The predicted molar refractivity (Wildman–Crippen MR) is 75.7 cm³/mol. The number of nitrogens with zero attached hydrogens (tertiary/aromatic N) is 1. The van der Waals surface area contributed by atoms with Crippen molar-refractivity contribution >= 4 is 11.8 Å². The van der Waals surface area contributed by atoms with Crippen LogP contribution in [0.4, 0.5) is 17.6 Å². The van der Waals surface area contributed by atoms with Crippen LogP contribution in [0.1, 0.15) is 22.8 Å². The van der Waals surface area contributed by atoms with Gasteiger partial charge in [-0.3, -0.25) is 9.59 Å². The maximum atomic E-state index is 13.7. The first kappa shape index (κ1) is 18.2. The van der Waals surface area contributed by atoms with Crippen LogP contribution in [-0.2, 0) is 15.7 Å². The van der Waals surface area contributed by atoms with Crippen LogP contribution >= 0.6 is 0 Å². The van der Waals surface area contributed by atoms with E-state index in [0.29, 0.717) is 44.5 Å². The zero-order chi connectivity index (χ0) is 17.9. The third-order valence-electron chi connectivity index (χ3n) is 3.58. The lowest BCUT2D eigenvalue weighted by atomic mass is 10.1. The lowest BCUT2D eigenvalue weighted by Crippen LogP contribution is -2.50. The number of ether oxygens (including phenoxy) is 1. The van der Waals surface area contributed by atoms with Gasteiger partial charge in [0.2, 0.25) is 5.91 Å². The van der Waals surface area contributed by atoms with Crippen molar-refractivity contribution in [1.82, 2.24) is 10.2 Å². The maximum absolute atomic E-state index is 13.7. The van der Waals surface area contributed by atoms with E-state index in [1.165, 1.54) is 11.8 Å². The Morgan fingerprint density at radius 1 is 1.25 bits per heavy atom. The average molecular weight is 348 g/mol. The molecule has 1 aromatic carbocycles. The molecule has 5 nitrogen and oxygen atoms in total. The number of rotatable bonds is 3. The van der Waals surface area contributed by atoms with Gasteiger partial charge in [-0.2, -0.15) is 13.2 Å². The molecule has 0 radical (unpaired) electrons. The zero-order valence-corrected chi connectivity index (χ0v) is 12.8. The second-order valence-corrected chi connectivity index (χ2v) is 5.33. The second-order valence-electron chi connectivity index (χ2n) is 5.33. The van der Waals surface area contributed by atoms with E-state index in [4.69, 9.17) is 4.74 Å². The highest BCUT2D eigenvalue weighted by Crippen LogP contribution is 2.30. The van der Waals surface area contributed by atoms with Gasteiger partial charge in [0.05, 0.1) is 24.3 Å². The van der Waals surface area contributed by atoms with Gasteiger partial charge >= 0.3 is 6.18 Å². The topological polar surface area (TPSA) is 58.6 Å². The Morgan fingerprint density at radius 2 is 1.88 bits per heavy atom. The average Bonchev–Trinajstić information content (AvgIpc) is 2.54. The molecule has 1 aliphatic heterocycles. The van der Waals surface area contributed by atoms with Gasteiger partial charge in [-0.05, 0) is 25.1 Å². The number of carbonyl (C=O) groups is 2. The molecule has 1 N–H and O–H groups in total. The number of benzene rings is 1. The van der Waals surface area contributed by atoms with E-state index in [2.05, 4.69) is 5.32 Å². The van der Waals surface area contributed by atoms with Crippen molar-refractivity contribution in [3.63, 3.8) is 0 Å². The largest absolute Gasteiger partial charge is 0.416 e. The van der Waals surface area contributed by atoms with Gasteiger partial charge in [0, 0.05) is 13.1 Å². The molecule has 1 fully saturated rings. The quantitative estimate of drug-likeness (QED) is 0.848. The van der Waals surface area contributed by atoms with Gasteiger partial charge < -0.3 is 15.0 Å². The number of hydrogen-bond acceptors (Lipinski definition) is 3. The minimum absolute atomic E-state index is 0.358. The lowest BCUT2D eigenvalue weighted by Gasteiger charge is -2.29. The summed E-state index contributed by atoms with van der Waals surface area (Å²) in [6.07, 6.45) is -4.70. The number of hydrogen-bond donors (Lipinski definition) is 1. The summed E-state index contributed by atoms with van der Waals surface area (Å²) in [5.74, 6) is -2.57. The molecule has 1 atom stereocenters. The Labute approximate surface area is 135 Å². The molecule has 0 unspecified atom stereocenters. The van der Waals surface area contributed by atoms with Crippen LogP contribution in [0.25, 0.3) is 0 Å². The first-order valence-electron chi connectivity index (χ1n) is 7.24. The highest BCUT2D eigenvalue weighted by atomic mass is 19.4. The molecule has 0 bridgehead atoms. The fourth-order valence-corrected chi connectivity index (χ4v) is 2.27. The number of amides is 2. The molecule has 1 aromatic rings. The van der Waals surface area contributed by atoms with Crippen LogP contribution in [0.5, 0.6) is 0 Å². The molecule has 2 amide bonds. The van der Waals surface area contributed by atoms with Gasteiger partial charge in [-0.15, -0.1) is 0 Å². The van der Waals surface area contributed by atoms with E-state index >= 15 is 0 Å². The van der Waals surface area contributed by atoms with E-state index in [0.717, 1.165) is 0 Å². The van der Waals surface area contributed by atoms with E-state index in [1.54, 1.807) is 0 Å². The first-order chi connectivity index (χ1) is 11.2. The van der Waals surface area contributed by atoms with Crippen LogP contribution in [-0.4, -0.2) is 49.1 Å². The molecule has 9 heteroatoms. The fourth-order valence-electron chi connectivity index (χ4n) is 2.27.